The van der Waals surface area contributed by atoms with Crippen LogP contribution in [0.5, 0.6) is 5.75 Å². The van der Waals surface area contributed by atoms with E-state index in [4.69, 9.17) is 4.74 Å². The fourth-order valence-corrected chi connectivity index (χ4v) is 5.04. The number of nitrogens with one attached hydrogen (secondary N) is 1. The van der Waals surface area contributed by atoms with Crippen molar-refractivity contribution in [2.45, 2.75) is 37.2 Å². The Morgan fingerprint density at radius 2 is 2.08 bits per heavy atom. The van der Waals surface area contributed by atoms with Gasteiger partial charge in [0.05, 0.1) is 13.7 Å². The summed E-state index contributed by atoms with van der Waals surface area (Å²) in [7, 11) is -0.596. The van der Waals surface area contributed by atoms with E-state index in [2.05, 4.69) is 4.72 Å². The van der Waals surface area contributed by atoms with Crippen molar-refractivity contribution in [3.05, 3.63) is 45.6 Å². The molecule has 140 valence electrons. The van der Waals surface area contributed by atoms with Crippen molar-refractivity contribution in [2.24, 2.45) is 0 Å². The Bertz CT molecular complexity index is 917. The first-order chi connectivity index (χ1) is 12.3. The van der Waals surface area contributed by atoms with Gasteiger partial charge >= 0.3 is 0 Å². The number of carbonyl (C=O) groups is 1. The quantitative estimate of drug-likeness (QED) is 0.784. The molecule has 0 bridgehead atoms. The van der Waals surface area contributed by atoms with Gasteiger partial charge in [0.15, 0.2) is 0 Å². The molecule has 1 saturated carbocycles. The number of sulfonamides is 1. The van der Waals surface area contributed by atoms with Crippen LogP contribution in [0.25, 0.3) is 0 Å². The van der Waals surface area contributed by atoms with E-state index in [1.165, 1.54) is 19.2 Å². The number of hydrogen-bond acceptors (Lipinski definition) is 5. The molecule has 6 nitrogen and oxygen atoms in total. The van der Waals surface area contributed by atoms with Crippen molar-refractivity contribution in [3.8, 4) is 5.75 Å². The second-order valence-electron chi connectivity index (χ2n) is 6.45. The summed E-state index contributed by atoms with van der Waals surface area (Å²) in [6, 6.07) is 6.51. The van der Waals surface area contributed by atoms with Crippen LogP contribution < -0.4 is 9.46 Å². The van der Waals surface area contributed by atoms with Gasteiger partial charge in [0, 0.05) is 23.5 Å². The zero-order chi connectivity index (χ0) is 18.9. The molecule has 0 radical (unpaired) electrons. The fourth-order valence-electron chi connectivity index (χ4n) is 2.58. The summed E-state index contributed by atoms with van der Waals surface area (Å²) in [5.41, 5.74) is 1.46. The lowest BCUT2D eigenvalue weighted by Gasteiger charge is -2.18. The summed E-state index contributed by atoms with van der Waals surface area (Å²) in [4.78, 5) is 15.5. The van der Waals surface area contributed by atoms with E-state index in [1.807, 2.05) is 18.4 Å². The van der Waals surface area contributed by atoms with Crippen LogP contribution in [-0.4, -0.2) is 39.4 Å². The van der Waals surface area contributed by atoms with Gasteiger partial charge in [0.25, 0.3) is 5.91 Å². The summed E-state index contributed by atoms with van der Waals surface area (Å²) in [6.07, 6.45) is 1.67. The summed E-state index contributed by atoms with van der Waals surface area (Å²) >= 11 is 1.60. The van der Waals surface area contributed by atoms with Crippen molar-refractivity contribution in [2.75, 3.05) is 14.2 Å². The summed E-state index contributed by atoms with van der Waals surface area (Å²) in [5.74, 6) is -0.00483. The molecule has 1 fully saturated rings. The lowest BCUT2D eigenvalue weighted by Crippen LogP contribution is -2.28. The number of carbonyl (C=O) groups excluding carboxylic acids is 1. The van der Waals surface area contributed by atoms with Gasteiger partial charge in [-0.2, -0.15) is 0 Å². The molecule has 3 rings (SSSR count). The van der Waals surface area contributed by atoms with Crippen LogP contribution in [0.2, 0.25) is 0 Å². The van der Waals surface area contributed by atoms with Gasteiger partial charge in [-0.1, -0.05) is 0 Å². The lowest BCUT2D eigenvalue weighted by atomic mass is 10.2. The van der Waals surface area contributed by atoms with E-state index < -0.39 is 10.0 Å². The first-order valence-corrected chi connectivity index (χ1v) is 10.7. The summed E-state index contributed by atoms with van der Waals surface area (Å²) < 4.78 is 33.0. The Morgan fingerprint density at radius 3 is 2.65 bits per heavy atom. The molecule has 0 saturated heterocycles. The van der Waals surface area contributed by atoms with Gasteiger partial charge in [0.2, 0.25) is 10.0 Å². The van der Waals surface area contributed by atoms with Crippen LogP contribution in [0, 0.1) is 6.92 Å². The van der Waals surface area contributed by atoms with Crippen molar-refractivity contribution >= 4 is 27.3 Å². The second kappa shape index (κ2) is 7.38. The molecule has 1 aliphatic rings. The molecule has 1 amide bonds. The van der Waals surface area contributed by atoms with Crippen LogP contribution in [0.15, 0.2) is 34.5 Å². The molecule has 1 aromatic heterocycles. The lowest BCUT2D eigenvalue weighted by molar-refractivity contribution is 0.0786. The predicted molar refractivity (Wildman–Crippen MR) is 101 cm³/mol. The zero-order valence-electron chi connectivity index (χ0n) is 15.0. The molecule has 1 aromatic carbocycles. The van der Waals surface area contributed by atoms with E-state index in [0.717, 1.165) is 23.3 Å². The average Bonchev–Trinajstić information content (AvgIpc) is 3.33. The third-order valence-electron chi connectivity index (χ3n) is 4.29. The summed E-state index contributed by atoms with van der Waals surface area (Å²) in [5, 5.41) is 1.99. The highest BCUT2D eigenvalue weighted by Crippen LogP contribution is 2.29. The Morgan fingerprint density at radius 1 is 1.35 bits per heavy atom. The van der Waals surface area contributed by atoms with E-state index >= 15 is 0 Å². The average molecular weight is 395 g/mol. The largest absolute Gasteiger partial charge is 0.495 e. The maximum atomic E-state index is 12.8. The fraction of sp³-hybridized carbons (Fsp3) is 0.389. The second-order valence-corrected chi connectivity index (χ2v) is 9.13. The van der Waals surface area contributed by atoms with Crippen molar-refractivity contribution in [1.29, 1.82) is 0 Å². The number of amides is 1. The minimum absolute atomic E-state index is 0.00143. The molecule has 1 N–H and O–H groups in total. The van der Waals surface area contributed by atoms with Gasteiger partial charge in [-0.3, -0.25) is 4.79 Å². The molecule has 0 aliphatic heterocycles. The Labute approximate surface area is 157 Å². The van der Waals surface area contributed by atoms with E-state index in [0.29, 0.717) is 12.1 Å². The topological polar surface area (TPSA) is 75.7 Å². The minimum atomic E-state index is -3.72. The number of hydrogen-bond donors (Lipinski definition) is 1. The maximum absolute atomic E-state index is 12.8. The van der Waals surface area contributed by atoms with E-state index in [-0.39, 0.29) is 22.6 Å². The number of benzene rings is 1. The smallest absolute Gasteiger partial charge is 0.253 e. The Hall–Kier alpha value is -1.90. The highest BCUT2D eigenvalue weighted by molar-refractivity contribution is 7.89. The van der Waals surface area contributed by atoms with Gasteiger partial charge in [-0.25, -0.2) is 13.1 Å². The minimum Gasteiger partial charge on any atom is -0.495 e. The molecule has 0 spiro atoms. The third-order valence-corrected chi connectivity index (χ3v) is 6.84. The number of ether oxygens (including phenoxy) is 1. The molecule has 0 atom stereocenters. The molecule has 8 heteroatoms. The number of aryl methyl sites for hydroxylation is 1. The van der Waals surface area contributed by atoms with Gasteiger partial charge in [-0.05, 0) is 55.0 Å². The van der Waals surface area contributed by atoms with Gasteiger partial charge < -0.3 is 9.64 Å². The third kappa shape index (κ3) is 4.08. The predicted octanol–water partition coefficient (Wildman–Crippen LogP) is 2.78. The van der Waals surface area contributed by atoms with Crippen LogP contribution in [0.3, 0.4) is 0 Å². The van der Waals surface area contributed by atoms with Gasteiger partial charge in [0.1, 0.15) is 10.6 Å². The van der Waals surface area contributed by atoms with Crippen molar-refractivity contribution < 1.29 is 17.9 Å². The van der Waals surface area contributed by atoms with Crippen LogP contribution in [0.4, 0.5) is 0 Å². The Kier molecular flexibility index (Phi) is 5.36. The Balaban J connectivity index is 1.86. The van der Waals surface area contributed by atoms with Crippen LogP contribution in [-0.2, 0) is 16.6 Å². The standard InChI is InChI=1S/C18H22N2O4S2/c1-12-8-9-25-16(12)11-20(2)18(21)13-4-7-15(24-3)17(10-13)26(22,23)19-14-5-6-14/h4,7-10,14,19H,5-6,11H2,1-3H3. The van der Waals surface area contributed by atoms with Crippen LogP contribution in [0.1, 0.15) is 33.6 Å². The molecule has 26 heavy (non-hydrogen) atoms. The molecule has 1 aliphatic carbocycles. The van der Waals surface area contributed by atoms with Crippen LogP contribution >= 0.6 is 11.3 Å². The molecular formula is C18H22N2O4S2. The highest BCUT2D eigenvalue weighted by Gasteiger charge is 2.30. The molecule has 2 aromatic rings. The van der Waals surface area contributed by atoms with Gasteiger partial charge in [-0.15, -0.1) is 11.3 Å². The maximum Gasteiger partial charge on any atom is 0.253 e. The first-order valence-electron chi connectivity index (χ1n) is 8.30. The number of methoxy groups -OCH3 is 1. The van der Waals surface area contributed by atoms with E-state index in [1.54, 1.807) is 29.4 Å². The first kappa shape index (κ1) is 18.9. The number of nitrogens with zero attached hydrogens (tertiary/aromatic N) is 1. The number of thiophene rings is 1. The highest BCUT2D eigenvalue weighted by atomic mass is 32.2. The van der Waals surface area contributed by atoms with Crippen molar-refractivity contribution in [1.82, 2.24) is 9.62 Å². The molecular weight excluding hydrogens is 372 g/mol. The normalized spacial score (nSPS) is 14.3. The SMILES string of the molecule is COc1ccc(C(=O)N(C)Cc2sccc2C)cc1S(=O)(=O)NC1CC1. The summed E-state index contributed by atoms with van der Waals surface area (Å²) in [6.45, 7) is 2.49. The number of rotatable bonds is 7. The molecule has 0 unspecified atom stereocenters. The van der Waals surface area contributed by atoms with Crippen molar-refractivity contribution in [3.63, 3.8) is 0 Å². The van der Waals surface area contributed by atoms with E-state index in [9.17, 15) is 13.2 Å². The zero-order valence-corrected chi connectivity index (χ0v) is 16.6. The molecule has 1 heterocycles. The monoisotopic (exact) mass is 394 g/mol.